The van der Waals surface area contributed by atoms with Gasteiger partial charge in [0, 0.05) is 19.0 Å². The van der Waals surface area contributed by atoms with Gasteiger partial charge in [-0.1, -0.05) is 30.3 Å². The Labute approximate surface area is 165 Å². The molecule has 1 aromatic heterocycles. The highest BCUT2D eigenvalue weighted by Crippen LogP contribution is 2.27. The molecule has 1 aliphatic rings. The topological polar surface area (TPSA) is 71.5 Å². The lowest BCUT2D eigenvalue weighted by atomic mass is 10.0. The lowest BCUT2D eigenvalue weighted by Gasteiger charge is -2.34. The minimum atomic E-state index is -4.46. The quantitative estimate of drug-likeness (QED) is 0.793. The van der Waals surface area contributed by atoms with E-state index < -0.39 is 24.7 Å². The van der Waals surface area contributed by atoms with Gasteiger partial charge in [-0.15, -0.1) is 0 Å². The van der Waals surface area contributed by atoms with Gasteiger partial charge in [0.2, 0.25) is 11.8 Å². The van der Waals surface area contributed by atoms with Crippen molar-refractivity contribution >= 4 is 17.5 Å². The van der Waals surface area contributed by atoms with E-state index in [1.807, 2.05) is 6.07 Å². The number of nitrogens with one attached hydrogen (secondary N) is 1. The van der Waals surface area contributed by atoms with Gasteiger partial charge in [0.25, 0.3) is 5.91 Å². The molecule has 1 atom stereocenters. The molecule has 1 saturated heterocycles. The first-order valence-electron chi connectivity index (χ1n) is 9.14. The summed E-state index contributed by atoms with van der Waals surface area (Å²) < 4.78 is 41.2. The van der Waals surface area contributed by atoms with Crippen LogP contribution in [0.2, 0.25) is 0 Å². The van der Waals surface area contributed by atoms with E-state index in [1.165, 1.54) is 18.3 Å². The van der Waals surface area contributed by atoms with Crippen LogP contribution in [0.25, 0.3) is 0 Å². The minimum absolute atomic E-state index is 0.0886. The van der Waals surface area contributed by atoms with Crippen LogP contribution >= 0.6 is 0 Å². The number of likely N-dealkylation sites (tertiary alicyclic amines) is 1. The van der Waals surface area contributed by atoms with Crippen molar-refractivity contribution in [1.82, 2.24) is 9.88 Å². The fraction of sp³-hybridized carbons (Fsp3) is 0.350. The van der Waals surface area contributed by atoms with Gasteiger partial charge >= 0.3 is 6.18 Å². The highest BCUT2D eigenvalue weighted by molar-refractivity contribution is 5.97. The Kier molecular flexibility index (Phi) is 6.36. The van der Waals surface area contributed by atoms with Crippen molar-refractivity contribution in [2.75, 3.05) is 18.5 Å². The standard InChI is InChI=1S/C20H20F3N3O3/c21-20(22,23)13-29-16-10-9-15(12-24-16)25-19(28)18(14-6-2-1-3-7-14)26-11-5-4-8-17(26)27/h1-3,6-7,9-10,12,18H,4-5,8,11,13H2,(H,25,28). The molecule has 3 rings (SSSR count). The van der Waals surface area contributed by atoms with Crippen molar-refractivity contribution in [2.45, 2.75) is 31.5 Å². The zero-order valence-corrected chi connectivity index (χ0v) is 15.5. The van der Waals surface area contributed by atoms with E-state index in [-0.39, 0.29) is 11.8 Å². The number of aromatic nitrogens is 1. The van der Waals surface area contributed by atoms with Gasteiger partial charge < -0.3 is 15.0 Å². The summed E-state index contributed by atoms with van der Waals surface area (Å²) in [6, 6.07) is 10.8. The molecule has 0 saturated carbocycles. The van der Waals surface area contributed by atoms with Gasteiger partial charge in [0.15, 0.2) is 6.61 Å². The van der Waals surface area contributed by atoms with Gasteiger partial charge in [0.1, 0.15) is 6.04 Å². The first-order chi connectivity index (χ1) is 13.8. The molecule has 1 aromatic carbocycles. The minimum Gasteiger partial charge on any atom is -0.468 e. The second-order valence-electron chi connectivity index (χ2n) is 6.64. The zero-order valence-electron chi connectivity index (χ0n) is 15.5. The van der Waals surface area contributed by atoms with E-state index in [0.29, 0.717) is 24.2 Å². The molecule has 29 heavy (non-hydrogen) atoms. The van der Waals surface area contributed by atoms with Crippen molar-refractivity contribution in [3.63, 3.8) is 0 Å². The zero-order chi connectivity index (χ0) is 20.9. The number of carbonyl (C=O) groups excluding carboxylic acids is 2. The number of halogens is 3. The monoisotopic (exact) mass is 407 g/mol. The summed E-state index contributed by atoms with van der Waals surface area (Å²) in [4.78, 5) is 30.7. The average Bonchev–Trinajstić information content (AvgIpc) is 2.69. The number of piperidine rings is 1. The van der Waals surface area contributed by atoms with E-state index in [2.05, 4.69) is 15.0 Å². The molecule has 0 bridgehead atoms. The largest absolute Gasteiger partial charge is 0.468 e. The number of carbonyl (C=O) groups is 2. The Morgan fingerprint density at radius 3 is 2.55 bits per heavy atom. The molecule has 9 heteroatoms. The van der Waals surface area contributed by atoms with E-state index in [4.69, 9.17) is 0 Å². The fourth-order valence-corrected chi connectivity index (χ4v) is 3.11. The van der Waals surface area contributed by atoms with Crippen LogP contribution in [0.15, 0.2) is 48.7 Å². The SMILES string of the molecule is O=C(Nc1ccc(OCC(F)(F)F)nc1)C(c1ccccc1)N1CCCCC1=O. The van der Waals surface area contributed by atoms with E-state index in [1.54, 1.807) is 29.2 Å². The lowest BCUT2D eigenvalue weighted by molar-refractivity contribution is -0.154. The predicted molar refractivity (Wildman–Crippen MR) is 99.2 cm³/mol. The Bertz CT molecular complexity index is 842. The summed E-state index contributed by atoms with van der Waals surface area (Å²) in [5, 5.41) is 2.68. The number of benzene rings is 1. The molecule has 2 aromatic rings. The van der Waals surface area contributed by atoms with Gasteiger partial charge in [-0.3, -0.25) is 9.59 Å². The number of alkyl halides is 3. The number of hydrogen-bond donors (Lipinski definition) is 1. The average molecular weight is 407 g/mol. The molecule has 2 heterocycles. The smallest absolute Gasteiger partial charge is 0.422 e. The van der Waals surface area contributed by atoms with Crippen molar-refractivity contribution in [3.8, 4) is 5.88 Å². The highest BCUT2D eigenvalue weighted by Gasteiger charge is 2.33. The van der Waals surface area contributed by atoms with Crippen molar-refractivity contribution in [1.29, 1.82) is 0 Å². The number of rotatable bonds is 6. The van der Waals surface area contributed by atoms with Gasteiger partial charge in [-0.2, -0.15) is 13.2 Å². The van der Waals surface area contributed by atoms with Crippen LogP contribution in [0, 0.1) is 0 Å². The maximum absolute atomic E-state index is 13.0. The normalized spacial score (nSPS) is 15.7. The fourth-order valence-electron chi connectivity index (χ4n) is 3.11. The molecule has 1 aliphatic heterocycles. The van der Waals surface area contributed by atoms with Crippen LogP contribution in [0.5, 0.6) is 5.88 Å². The molecular formula is C20H20F3N3O3. The van der Waals surface area contributed by atoms with E-state index >= 15 is 0 Å². The van der Waals surface area contributed by atoms with E-state index in [9.17, 15) is 22.8 Å². The summed E-state index contributed by atoms with van der Waals surface area (Å²) >= 11 is 0. The summed E-state index contributed by atoms with van der Waals surface area (Å²) in [5.41, 5.74) is 0.970. The van der Waals surface area contributed by atoms with Crippen LogP contribution in [0.3, 0.4) is 0 Å². The third-order valence-corrected chi connectivity index (χ3v) is 4.42. The van der Waals surface area contributed by atoms with Crippen molar-refractivity contribution in [3.05, 3.63) is 54.2 Å². The Morgan fingerprint density at radius 2 is 1.93 bits per heavy atom. The highest BCUT2D eigenvalue weighted by atomic mass is 19.4. The summed E-state index contributed by atoms with van der Waals surface area (Å²) in [5.74, 6) is -0.711. The molecule has 0 aliphatic carbocycles. The molecule has 6 nitrogen and oxygen atoms in total. The van der Waals surface area contributed by atoms with Gasteiger partial charge in [-0.05, 0) is 24.5 Å². The number of anilines is 1. The third kappa shape index (κ3) is 5.69. The number of ether oxygens (including phenoxy) is 1. The maximum atomic E-state index is 13.0. The molecule has 2 amide bonds. The van der Waals surface area contributed by atoms with Crippen LogP contribution < -0.4 is 10.1 Å². The van der Waals surface area contributed by atoms with Crippen LogP contribution in [-0.4, -0.2) is 41.0 Å². The lowest BCUT2D eigenvalue weighted by Crippen LogP contribution is -2.43. The predicted octanol–water partition coefficient (Wildman–Crippen LogP) is 3.72. The van der Waals surface area contributed by atoms with Crippen LogP contribution in [0.1, 0.15) is 30.9 Å². The number of nitrogens with zero attached hydrogens (tertiary/aromatic N) is 2. The Hall–Kier alpha value is -3.10. The second kappa shape index (κ2) is 8.93. The molecular weight excluding hydrogens is 387 g/mol. The molecule has 0 radical (unpaired) electrons. The van der Waals surface area contributed by atoms with Gasteiger partial charge in [-0.25, -0.2) is 4.98 Å². The van der Waals surface area contributed by atoms with Crippen LogP contribution in [0.4, 0.5) is 18.9 Å². The first kappa shape index (κ1) is 20.6. The molecule has 1 unspecified atom stereocenters. The number of amides is 2. The first-order valence-corrected chi connectivity index (χ1v) is 9.14. The summed E-state index contributed by atoms with van der Waals surface area (Å²) in [6.07, 6.45) is -1.25. The van der Waals surface area contributed by atoms with Crippen LogP contribution in [-0.2, 0) is 9.59 Å². The van der Waals surface area contributed by atoms with Crippen molar-refractivity contribution < 1.29 is 27.5 Å². The Balaban J connectivity index is 1.74. The Morgan fingerprint density at radius 1 is 1.17 bits per heavy atom. The molecule has 154 valence electrons. The number of hydrogen-bond acceptors (Lipinski definition) is 4. The third-order valence-electron chi connectivity index (χ3n) is 4.42. The summed E-state index contributed by atoms with van der Waals surface area (Å²) in [6.45, 7) is -0.965. The maximum Gasteiger partial charge on any atom is 0.422 e. The molecule has 1 N–H and O–H groups in total. The second-order valence-corrected chi connectivity index (χ2v) is 6.64. The van der Waals surface area contributed by atoms with Crippen molar-refractivity contribution in [2.24, 2.45) is 0 Å². The summed E-state index contributed by atoms with van der Waals surface area (Å²) in [7, 11) is 0. The molecule has 1 fully saturated rings. The van der Waals surface area contributed by atoms with Gasteiger partial charge in [0.05, 0.1) is 11.9 Å². The van der Waals surface area contributed by atoms with E-state index in [0.717, 1.165) is 12.8 Å². The molecule has 0 spiro atoms. The number of pyridine rings is 1.